The molecule has 0 bridgehead atoms. The van der Waals surface area contributed by atoms with Gasteiger partial charge in [0.25, 0.3) is 0 Å². The van der Waals surface area contributed by atoms with Gasteiger partial charge in [-0.1, -0.05) is 60.7 Å². The fourth-order valence-corrected chi connectivity index (χ4v) is 3.53. The Morgan fingerprint density at radius 2 is 1.69 bits per heavy atom. The second-order valence-electron chi connectivity index (χ2n) is 7.42. The minimum Gasteiger partial charge on any atom is -0.387 e. The Kier molecular flexibility index (Phi) is 5.41. The summed E-state index contributed by atoms with van der Waals surface area (Å²) in [5.41, 5.74) is 7.61. The first-order valence-electron chi connectivity index (χ1n) is 9.00. The molecular weight excluding hydrogens is 326 g/mol. The number of rotatable bonds is 6. The van der Waals surface area contributed by atoms with Crippen molar-refractivity contribution in [3.05, 3.63) is 71.8 Å². The van der Waals surface area contributed by atoms with Gasteiger partial charge in [-0.2, -0.15) is 0 Å². The molecule has 138 valence electrons. The van der Waals surface area contributed by atoms with Crippen LogP contribution in [0.25, 0.3) is 0 Å². The summed E-state index contributed by atoms with van der Waals surface area (Å²) in [7, 11) is 0. The van der Waals surface area contributed by atoms with Crippen LogP contribution >= 0.6 is 0 Å². The van der Waals surface area contributed by atoms with Crippen molar-refractivity contribution in [2.45, 2.75) is 50.7 Å². The Balaban J connectivity index is 1.68. The number of nitrogens with two attached hydrogens (primary N) is 1. The molecule has 1 aliphatic heterocycles. The monoisotopic (exact) mass is 353 g/mol. The van der Waals surface area contributed by atoms with E-state index in [1.54, 1.807) is 0 Å². The molecule has 2 aromatic rings. The summed E-state index contributed by atoms with van der Waals surface area (Å²) in [4.78, 5) is 14.8. The van der Waals surface area contributed by atoms with E-state index in [0.29, 0.717) is 13.0 Å². The molecule has 4 N–H and O–H groups in total. The number of hydrogen-bond acceptors (Lipinski definition) is 4. The highest BCUT2D eigenvalue weighted by atomic mass is 16.3. The minimum absolute atomic E-state index is 0.0227. The van der Waals surface area contributed by atoms with Gasteiger partial charge in [0.2, 0.25) is 5.91 Å². The van der Waals surface area contributed by atoms with E-state index < -0.39 is 23.9 Å². The predicted molar refractivity (Wildman–Crippen MR) is 102 cm³/mol. The smallest absolute Gasteiger partial charge is 0.241 e. The highest BCUT2D eigenvalue weighted by Gasteiger charge is 2.44. The molecule has 26 heavy (non-hydrogen) atoms. The van der Waals surface area contributed by atoms with Crippen molar-refractivity contribution >= 4 is 5.91 Å². The van der Waals surface area contributed by atoms with Crippen LogP contribution in [0.2, 0.25) is 0 Å². The van der Waals surface area contributed by atoms with Crippen molar-refractivity contribution in [1.82, 2.24) is 10.2 Å². The van der Waals surface area contributed by atoms with Gasteiger partial charge in [-0.3, -0.25) is 10.1 Å². The molecule has 2 aromatic carbocycles. The number of carbonyl (C=O) groups is 1. The van der Waals surface area contributed by atoms with E-state index in [9.17, 15) is 9.90 Å². The summed E-state index contributed by atoms with van der Waals surface area (Å²) in [6.07, 6.45) is -0.416. The van der Waals surface area contributed by atoms with Crippen LogP contribution < -0.4 is 11.1 Å². The summed E-state index contributed by atoms with van der Waals surface area (Å²) in [6.45, 7) is 4.53. The molecule has 5 heteroatoms. The first-order chi connectivity index (χ1) is 12.4. The van der Waals surface area contributed by atoms with Crippen LogP contribution in [-0.2, 0) is 11.3 Å². The average Bonchev–Trinajstić information content (AvgIpc) is 2.85. The van der Waals surface area contributed by atoms with Crippen molar-refractivity contribution in [1.29, 1.82) is 0 Å². The van der Waals surface area contributed by atoms with E-state index in [-0.39, 0.29) is 5.91 Å². The molecule has 3 rings (SSSR count). The van der Waals surface area contributed by atoms with Crippen molar-refractivity contribution in [3.8, 4) is 0 Å². The zero-order valence-corrected chi connectivity index (χ0v) is 15.3. The molecule has 3 unspecified atom stereocenters. The largest absolute Gasteiger partial charge is 0.387 e. The molecule has 1 saturated heterocycles. The molecule has 0 radical (unpaired) electrons. The van der Waals surface area contributed by atoms with Crippen LogP contribution in [0.15, 0.2) is 60.7 Å². The number of aliphatic hydroxyl groups excluding tert-OH is 1. The number of nitrogens with one attached hydrogen (secondary N) is 1. The Morgan fingerprint density at radius 3 is 2.31 bits per heavy atom. The molecule has 0 aliphatic carbocycles. The van der Waals surface area contributed by atoms with Gasteiger partial charge >= 0.3 is 0 Å². The lowest BCUT2D eigenvalue weighted by Crippen LogP contribution is -2.47. The third kappa shape index (κ3) is 3.96. The van der Waals surface area contributed by atoms with E-state index in [4.69, 9.17) is 5.73 Å². The molecule has 1 aliphatic rings. The predicted octanol–water partition coefficient (Wildman–Crippen LogP) is 2.17. The van der Waals surface area contributed by atoms with Gasteiger partial charge in [0.15, 0.2) is 0 Å². The Labute approximate surface area is 154 Å². The number of benzene rings is 2. The molecular formula is C21H27N3O2. The lowest BCUT2D eigenvalue weighted by atomic mass is 9.97. The maximum absolute atomic E-state index is 12.9. The minimum atomic E-state index is -0.794. The van der Waals surface area contributed by atoms with Crippen LogP contribution in [0, 0.1) is 0 Å². The quantitative estimate of drug-likeness (QED) is 0.744. The molecule has 0 saturated carbocycles. The van der Waals surface area contributed by atoms with Crippen molar-refractivity contribution in [2.75, 3.05) is 0 Å². The highest BCUT2D eigenvalue weighted by Crippen LogP contribution is 2.27. The van der Waals surface area contributed by atoms with E-state index in [2.05, 4.69) is 5.32 Å². The summed E-state index contributed by atoms with van der Waals surface area (Å²) in [6, 6.07) is 18.3. The molecule has 1 fully saturated rings. The first kappa shape index (κ1) is 18.6. The van der Waals surface area contributed by atoms with Gasteiger partial charge in [-0.05, 0) is 31.4 Å². The topological polar surface area (TPSA) is 78.6 Å². The SMILES string of the molecule is CC1(C)NC(CC(N)C(O)c2ccccc2)C(=O)N1Cc1ccccc1. The molecule has 5 nitrogen and oxygen atoms in total. The second-order valence-corrected chi connectivity index (χ2v) is 7.42. The summed E-state index contributed by atoms with van der Waals surface area (Å²) >= 11 is 0. The number of carbonyl (C=O) groups excluding carboxylic acids is 1. The van der Waals surface area contributed by atoms with Gasteiger partial charge in [0.1, 0.15) is 0 Å². The van der Waals surface area contributed by atoms with Crippen molar-refractivity contribution in [3.63, 3.8) is 0 Å². The van der Waals surface area contributed by atoms with Crippen molar-refractivity contribution in [2.24, 2.45) is 5.73 Å². The van der Waals surface area contributed by atoms with Gasteiger partial charge in [0.05, 0.1) is 17.8 Å². The maximum atomic E-state index is 12.9. The number of aliphatic hydroxyl groups is 1. The normalized spacial score (nSPS) is 21.6. The number of nitrogens with zero attached hydrogens (tertiary/aromatic N) is 1. The average molecular weight is 353 g/mol. The Hall–Kier alpha value is -2.21. The fraction of sp³-hybridized carbons (Fsp3) is 0.381. The maximum Gasteiger partial charge on any atom is 0.241 e. The summed E-state index contributed by atoms with van der Waals surface area (Å²) in [5, 5.41) is 13.9. The van der Waals surface area contributed by atoms with Gasteiger partial charge < -0.3 is 15.7 Å². The van der Waals surface area contributed by atoms with Crippen LogP contribution in [0.4, 0.5) is 0 Å². The molecule has 0 spiro atoms. The van der Waals surface area contributed by atoms with E-state index in [1.165, 1.54) is 0 Å². The molecule has 1 heterocycles. The lowest BCUT2D eigenvalue weighted by molar-refractivity contribution is -0.132. The standard InChI is InChI=1S/C21H27N3O2/c1-21(2)23-18(13-17(22)19(25)16-11-7-4-8-12-16)20(26)24(21)14-15-9-5-3-6-10-15/h3-12,17-19,23,25H,13-14,22H2,1-2H3. The van der Waals surface area contributed by atoms with E-state index in [1.807, 2.05) is 79.4 Å². The van der Waals surface area contributed by atoms with Crippen LogP contribution in [-0.4, -0.2) is 33.7 Å². The van der Waals surface area contributed by atoms with Crippen LogP contribution in [0.5, 0.6) is 0 Å². The summed E-state index contributed by atoms with van der Waals surface area (Å²) < 4.78 is 0. The van der Waals surface area contributed by atoms with Gasteiger partial charge in [-0.15, -0.1) is 0 Å². The zero-order chi connectivity index (χ0) is 18.7. The molecule has 0 aromatic heterocycles. The lowest BCUT2D eigenvalue weighted by Gasteiger charge is -2.31. The third-order valence-electron chi connectivity index (χ3n) is 5.00. The van der Waals surface area contributed by atoms with E-state index in [0.717, 1.165) is 11.1 Å². The van der Waals surface area contributed by atoms with Crippen molar-refractivity contribution < 1.29 is 9.90 Å². The van der Waals surface area contributed by atoms with Crippen LogP contribution in [0.3, 0.4) is 0 Å². The molecule has 3 atom stereocenters. The van der Waals surface area contributed by atoms with E-state index >= 15 is 0 Å². The fourth-order valence-electron chi connectivity index (χ4n) is 3.53. The van der Waals surface area contributed by atoms with Gasteiger partial charge in [-0.25, -0.2) is 0 Å². The Morgan fingerprint density at radius 1 is 1.12 bits per heavy atom. The summed E-state index contributed by atoms with van der Waals surface area (Å²) in [5.74, 6) is 0.0227. The van der Waals surface area contributed by atoms with Crippen LogP contribution in [0.1, 0.15) is 37.5 Å². The zero-order valence-electron chi connectivity index (χ0n) is 15.3. The Bertz CT molecular complexity index is 733. The third-order valence-corrected chi connectivity index (χ3v) is 5.00. The van der Waals surface area contributed by atoms with Gasteiger partial charge in [0, 0.05) is 12.6 Å². The highest BCUT2D eigenvalue weighted by molar-refractivity contribution is 5.85. The number of hydrogen-bond donors (Lipinski definition) is 3. The number of amides is 1. The first-order valence-corrected chi connectivity index (χ1v) is 9.00. The second kappa shape index (κ2) is 7.58. The molecule has 1 amide bonds.